The molecule has 3 fully saturated rings. The van der Waals surface area contributed by atoms with Gasteiger partial charge in [0.2, 0.25) is 0 Å². The predicted octanol–water partition coefficient (Wildman–Crippen LogP) is 4.82. The Balaban J connectivity index is 1.15. The zero-order chi connectivity index (χ0) is 27.4. The molecule has 40 heavy (non-hydrogen) atoms. The van der Waals surface area contributed by atoms with Crippen molar-refractivity contribution < 1.29 is 28.8 Å². The van der Waals surface area contributed by atoms with Crippen LogP contribution in [-0.2, 0) is 25.6 Å². The first-order valence-electron chi connectivity index (χ1n) is 14.1. The molecule has 8 heteroatoms. The smallest absolute Gasteiger partial charge is 0.255 e. The van der Waals surface area contributed by atoms with E-state index in [-0.39, 0.29) is 24.7 Å². The number of carbonyl (C=O) groups is 1. The van der Waals surface area contributed by atoms with Crippen LogP contribution in [-0.4, -0.2) is 60.7 Å². The zero-order valence-corrected chi connectivity index (χ0v) is 22.5. The Kier molecular flexibility index (Phi) is 8.25. The maximum atomic E-state index is 12.6. The molecule has 0 bridgehead atoms. The minimum Gasteiger partial charge on any atom is -0.392 e. The molecule has 3 aliphatic rings. The Labute approximate surface area is 234 Å². The fourth-order valence-corrected chi connectivity index (χ4v) is 5.70. The quantitative estimate of drug-likeness (QED) is 0.441. The molecule has 3 aromatic carbocycles. The monoisotopic (exact) mass is 544 g/mol. The van der Waals surface area contributed by atoms with Crippen LogP contribution in [0.25, 0.3) is 0 Å². The van der Waals surface area contributed by atoms with Gasteiger partial charge in [-0.1, -0.05) is 54.6 Å². The molecule has 210 valence electrons. The van der Waals surface area contributed by atoms with Crippen molar-refractivity contribution in [1.29, 1.82) is 0 Å². The van der Waals surface area contributed by atoms with Crippen molar-refractivity contribution >= 4 is 11.6 Å². The number of anilines is 1. The molecule has 1 amide bonds. The lowest BCUT2D eigenvalue weighted by molar-refractivity contribution is -0.255. The van der Waals surface area contributed by atoms with E-state index in [0.29, 0.717) is 24.5 Å². The number of piperidine rings is 1. The highest BCUT2D eigenvalue weighted by Gasteiger charge is 2.41. The summed E-state index contributed by atoms with van der Waals surface area (Å²) in [5.74, 6) is -0.550. The fraction of sp³-hybridized carbons (Fsp3) is 0.406. The number of nitrogens with one attached hydrogen (secondary N) is 1. The van der Waals surface area contributed by atoms with Crippen molar-refractivity contribution in [2.45, 2.75) is 50.2 Å². The highest BCUT2D eigenvalue weighted by Crippen LogP contribution is 2.39. The molecule has 3 aliphatic heterocycles. The third-order valence-electron chi connectivity index (χ3n) is 7.98. The SMILES string of the molecule is O=C(Nc1ccc([C@@H]2O[C@H](CN3CCC4(CC3)OCCO4)C[C@H](c3ccc(CO)cc3)O2)cc1)c1ccccc1. The molecule has 3 saturated heterocycles. The van der Waals surface area contributed by atoms with Crippen LogP contribution in [0.15, 0.2) is 78.9 Å². The average molecular weight is 545 g/mol. The topological polar surface area (TPSA) is 89.5 Å². The van der Waals surface area contributed by atoms with Gasteiger partial charge in [0, 0.05) is 55.7 Å². The number of carbonyl (C=O) groups excluding carboxylic acids is 1. The summed E-state index contributed by atoms with van der Waals surface area (Å²) in [6, 6.07) is 24.7. The summed E-state index contributed by atoms with van der Waals surface area (Å²) in [6.45, 7) is 3.96. The standard InChI is InChI=1S/C32H36N2O6/c35-22-23-6-8-24(9-7-23)29-20-28(21-34-16-14-32(15-17-34)37-18-19-38-32)39-31(40-29)26-10-12-27(13-11-26)33-30(36)25-4-2-1-3-5-25/h1-13,28-29,31,35H,14-22H2,(H,33,36)/t28-,29+,31+/m0/s1. The van der Waals surface area contributed by atoms with E-state index in [1.165, 1.54) is 0 Å². The lowest BCUT2D eigenvalue weighted by atomic mass is 9.98. The molecule has 0 radical (unpaired) electrons. The van der Waals surface area contributed by atoms with Crippen LogP contribution in [0.5, 0.6) is 0 Å². The molecular weight excluding hydrogens is 508 g/mol. The van der Waals surface area contributed by atoms with E-state index >= 15 is 0 Å². The number of aliphatic hydroxyl groups is 1. The zero-order valence-electron chi connectivity index (χ0n) is 22.5. The summed E-state index contributed by atoms with van der Waals surface area (Å²) in [5.41, 5.74) is 4.14. The van der Waals surface area contributed by atoms with E-state index in [1.54, 1.807) is 12.1 Å². The Bertz CT molecular complexity index is 1250. The maximum absolute atomic E-state index is 12.6. The highest BCUT2D eigenvalue weighted by atomic mass is 16.7. The van der Waals surface area contributed by atoms with E-state index < -0.39 is 12.1 Å². The Hall–Kier alpha value is -3.11. The number of ether oxygens (including phenoxy) is 4. The van der Waals surface area contributed by atoms with E-state index in [9.17, 15) is 9.90 Å². The van der Waals surface area contributed by atoms with Gasteiger partial charge in [0.1, 0.15) is 0 Å². The lowest BCUT2D eigenvalue weighted by Crippen LogP contribution is -2.48. The summed E-state index contributed by atoms with van der Waals surface area (Å²) in [7, 11) is 0. The van der Waals surface area contributed by atoms with Crippen LogP contribution in [0.2, 0.25) is 0 Å². The number of hydrogen-bond donors (Lipinski definition) is 2. The van der Waals surface area contributed by atoms with Crippen molar-refractivity contribution in [3.63, 3.8) is 0 Å². The van der Waals surface area contributed by atoms with Gasteiger partial charge in [-0.05, 0) is 35.4 Å². The minimum atomic E-state index is -0.544. The van der Waals surface area contributed by atoms with Crippen LogP contribution in [0, 0.1) is 0 Å². The van der Waals surface area contributed by atoms with Crippen molar-refractivity contribution in [3.8, 4) is 0 Å². The highest BCUT2D eigenvalue weighted by molar-refractivity contribution is 6.04. The van der Waals surface area contributed by atoms with Crippen LogP contribution in [0.4, 0.5) is 5.69 Å². The summed E-state index contributed by atoms with van der Waals surface area (Å²) < 4.78 is 24.8. The summed E-state index contributed by atoms with van der Waals surface area (Å²) in [6.07, 6.45) is 1.74. The number of rotatable bonds is 7. The van der Waals surface area contributed by atoms with Gasteiger partial charge in [-0.2, -0.15) is 0 Å². The van der Waals surface area contributed by atoms with Crippen molar-refractivity contribution in [2.75, 3.05) is 38.2 Å². The van der Waals surface area contributed by atoms with Crippen LogP contribution in [0.3, 0.4) is 0 Å². The summed E-state index contributed by atoms with van der Waals surface area (Å²) >= 11 is 0. The second kappa shape index (κ2) is 12.2. The molecule has 0 aliphatic carbocycles. The largest absolute Gasteiger partial charge is 0.392 e. The molecule has 0 unspecified atom stereocenters. The fourth-order valence-electron chi connectivity index (χ4n) is 5.70. The van der Waals surface area contributed by atoms with Crippen LogP contribution >= 0.6 is 0 Å². The first kappa shape index (κ1) is 27.1. The molecule has 3 heterocycles. The third kappa shape index (κ3) is 6.28. The molecule has 2 N–H and O–H groups in total. The van der Waals surface area contributed by atoms with Crippen LogP contribution in [0.1, 0.15) is 58.7 Å². The van der Waals surface area contributed by atoms with E-state index in [2.05, 4.69) is 10.2 Å². The van der Waals surface area contributed by atoms with Gasteiger partial charge in [0.05, 0.1) is 32.0 Å². The van der Waals surface area contributed by atoms with E-state index in [1.807, 2.05) is 66.7 Å². The first-order chi connectivity index (χ1) is 19.6. The molecule has 0 aromatic heterocycles. The first-order valence-corrected chi connectivity index (χ1v) is 14.1. The summed E-state index contributed by atoms with van der Waals surface area (Å²) in [4.78, 5) is 15.0. The molecule has 6 rings (SSSR count). The second-order valence-corrected chi connectivity index (χ2v) is 10.7. The van der Waals surface area contributed by atoms with E-state index in [0.717, 1.165) is 55.6 Å². The van der Waals surface area contributed by atoms with Gasteiger partial charge in [0.15, 0.2) is 12.1 Å². The number of hydrogen-bond acceptors (Lipinski definition) is 7. The van der Waals surface area contributed by atoms with Gasteiger partial charge in [-0.15, -0.1) is 0 Å². The van der Waals surface area contributed by atoms with Gasteiger partial charge in [-0.25, -0.2) is 0 Å². The van der Waals surface area contributed by atoms with Crippen molar-refractivity contribution in [3.05, 3.63) is 101 Å². The maximum Gasteiger partial charge on any atom is 0.255 e. The molecule has 3 aromatic rings. The third-order valence-corrected chi connectivity index (χ3v) is 7.98. The number of aliphatic hydroxyl groups excluding tert-OH is 1. The number of likely N-dealkylation sites (tertiary alicyclic amines) is 1. The Morgan fingerprint density at radius 2 is 1.55 bits per heavy atom. The molecule has 3 atom stereocenters. The van der Waals surface area contributed by atoms with Gasteiger partial charge < -0.3 is 34.3 Å². The lowest BCUT2D eigenvalue weighted by Gasteiger charge is -2.41. The van der Waals surface area contributed by atoms with Crippen molar-refractivity contribution in [2.24, 2.45) is 0 Å². The van der Waals surface area contributed by atoms with Gasteiger partial charge in [0.25, 0.3) is 5.91 Å². The minimum absolute atomic E-state index is 0.0111. The molecule has 0 saturated carbocycles. The molecule has 1 spiro atoms. The Morgan fingerprint density at radius 1 is 0.875 bits per heavy atom. The normalized spacial score (nSPS) is 24.7. The van der Waals surface area contributed by atoms with E-state index in [4.69, 9.17) is 18.9 Å². The Morgan fingerprint density at radius 3 is 2.23 bits per heavy atom. The summed E-state index contributed by atoms with van der Waals surface area (Å²) in [5, 5.41) is 12.4. The van der Waals surface area contributed by atoms with Gasteiger partial charge in [-0.3, -0.25) is 4.79 Å². The van der Waals surface area contributed by atoms with Crippen LogP contribution < -0.4 is 5.32 Å². The number of benzene rings is 3. The second-order valence-electron chi connectivity index (χ2n) is 10.7. The number of nitrogens with zero attached hydrogens (tertiary/aromatic N) is 1. The average Bonchev–Trinajstić information content (AvgIpc) is 3.47. The van der Waals surface area contributed by atoms with Crippen molar-refractivity contribution in [1.82, 2.24) is 4.90 Å². The number of amides is 1. The molecule has 8 nitrogen and oxygen atoms in total. The predicted molar refractivity (Wildman–Crippen MR) is 150 cm³/mol. The molecular formula is C32H36N2O6. The van der Waals surface area contributed by atoms with Gasteiger partial charge >= 0.3 is 0 Å².